The molecule has 0 bridgehead atoms. The van der Waals surface area contributed by atoms with E-state index in [1.807, 2.05) is 9.80 Å². The second kappa shape index (κ2) is 9.70. The first-order chi connectivity index (χ1) is 14.5. The van der Waals surface area contributed by atoms with E-state index in [0.717, 1.165) is 25.7 Å². The SMILES string of the molecule is O=C(CCCC1CCN(c2cc(N3CCC3)nc(C(F)(F)F)n2)CC1)NCP(=O)(O)O. The molecule has 174 valence electrons. The average molecular weight is 465 g/mol. The van der Waals surface area contributed by atoms with Crippen molar-refractivity contribution >= 4 is 25.1 Å². The van der Waals surface area contributed by atoms with Gasteiger partial charge in [-0.3, -0.25) is 9.36 Å². The summed E-state index contributed by atoms with van der Waals surface area (Å²) in [6, 6.07) is 1.63. The highest BCUT2D eigenvalue weighted by molar-refractivity contribution is 7.51. The summed E-state index contributed by atoms with van der Waals surface area (Å²) in [6.07, 6.45) is -1.25. The van der Waals surface area contributed by atoms with Gasteiger partial charge in [0, 0.05) is 38.7 Å². The van der Waals surface area contributed by atoms with Gasteiger partial charge in [0.25, 0.3) is 0 Å². The number of hydrogen-bond donors (Lipinski definition) is 3. The van der Waals surface area contributed by atoms with Crippen molar-refractivity contribution in [2.45, 2.75) is 44.7 Å². The first-order valence-corrected chi connectivity index (χ1v) is 12.1. The summed E-state index contributed by atoms with van der Waals surface area (Å²) in [4.78, 5) is 40.3. The molecular formula is C18H27F3N5O4P. The quantitative estimate of drug-likeness (QED) is 0.501. The van der Waals surface area contributed by atoms with E-state index >= 15 is 0 Å². The van der Waals surface area contributed by atoms with E-state index < -0.39 is 31.8 Å². The number of hydrogen-bond acceptors (Lipinski definition) is 6. The summed E-state index contributed by atoms with van der Waals surface area (Å²) < 4.78 is 50.5. The highest BCUT2D eigenvalue weighted by Gasteiger charge is 2.37. The van der Waals surface area contributed by atoms with Crippen LogP contribution in [0, 0.1) is 5.92 Å². The van der Waals surface area contributed by atoms with Gasteiger partial charge in [0.2, 0.25) is 11.7 Å². The van der Waals surface area contributed by atoms with Gasteiger partial charge >= 0.3 is 13.8 Å². The number of piperidine rings is 1. The second-order valence-corrected chi connectivity index (χ2v) is 9.64. The van der Waals surface area contributed by atoms with Gasteiger partial charge in [0.05, 0.1) is 0 Å². The van der Waals surface area contributed by atoms with E-state index in [2.05, 4.69) is 15.3 Å². The van der Waals surface area contributed by atoms with Gasteiger partial charge in [0.1, 0.15) is 17.9 Å². The lowest BCUT2D eigenvalue weighted by molar-refractivity contribution is -0.144. The molecule has 13 heteroatoms. The van der Waals surface area contributed by atoms with Crippen LogP contribution in [-0.2, 0) is 15.5 Å². The molecule has 2 saturated heterocycles. The molecule has 0 atom stereocenters. The number of nitrogens with zero attached hydrogens (tertiary/aromatic N) is 4. The monoisotopic (exact) mass is 465 g/mol. The van der Waals surface area contributed by atoms with Gasteiger partial charge < -0.3 is 24.9 Å². The summed E-state index contributed by atoms with van der Waals surface area (Å²) in [7, 11) is -4.26. The number of nitrogens with one attached hydrogen (secondary N) is 1. The minimum absolute atomic E-state index is 0.181. The number of alkyl halides is 3. The van der Waals surface area contributed by atoms with Crippen LogP contribution in [0.15, 0.2) is 6.07 Å². The molecular weight excluding hydrogens is 438 g/mol. The Bertz CT molecular complexity index is 823. The molecule has 31 heavy (non-hydrogen) atoms. The van der Waals surface area contributed by atoms with E-state index in [0.29, 0.717) is 50.2 Å². The zero-order valence-electron chi connectivity index (χ0n) is 17.0. The Morgan fingerprint density at radius 3 is 2.19 bits per heavy atom. The Hall–Kier alpha value is -1.91. The maximum atomic E-state index is 13.2. The molecule has 1 aromatic rings. The molecule has 3 N–H and O–H groups in total. The first-order valence-electron chi connectivity index (χ1n) is 10.3. The third kappa shape index (κ3) is 7.05. The molecule has 0 radical (unpaired) electrons. The van der Waals surface area contributed by atoms with Crippen LogP contribution in [0.1, 0.15) is 44.3 Å². The summed E-state index contributed by atoms with van der Waals surface area (Å²) in [6.45, 7) is 2.53. The van der Waals surface area contributed by atoms with Crippen molar-refractivity contribution in [3.05, 3.63) is 11.9 Å². The lowest BCUT2D eigenvalue weighted by atomic mass is 9.91. The molecule has 0 unspecified atom stereocenters. The summed E-state index contributed by atoms with van der Waals surface area (Å²) >= 11 is 0. The predicted molar refractivity (Wildman–Crippen MR) is 108 cm³/mol. The fourth-order valence-corrected chi connectivity index (χ4v) is 4.08. The molecule has 1 amide bonds. The molecule has 1 aromatic heterocycles. The molecule has 0 spiro atoms. The number of rotatable bonds is 8. The number of carbonyl (C=O) groups excluding carboxylic acids is 1. The van der Waals surface area contributed by atoms with Crippen LogP contribution in [-0.4, -0.2) is 58.1 Å². The molecule has 0 saturated carbocycles. The normalized spacial score (nSPS) is 18.1. The van der Waals surface area contributed by atoms with Gasteiger partial charge in [0.15, 0.2) is 0 Å². The van der Waals surface area contributed by atoms with Crippen LogP contribution in [0.2, 0.25) is 0 Å². The van der Waals surface area contributed by atoms with Gasteiger partial charge in [-0.15, -0.1) is 0 Å². The van der Waals surface area contributed by atoms with Crippen molar-refractivity contribution < 1.29 is 32.3 Å². The maximum Gasteiger partial charge on any atom is 0.451 e. The highest BCUT2D eigenvalue weighted by atomic mass is 31.2. The van der Waals surface area contributed by atoms with E-state index in [4.69, 9.17) is 9.79 Å². The molecule has 3 heterocycles. The van der Waals surface area contributed by atoms with Gasteiger partial charge in [-0.25, -0.2) is 9.97 Å². The number of aromatic nitrogens is 2. The Morgan fingerprint density at radius 1 is 1.13 bits per heavy atom. The van der Waals surface area contributed by atoms with Crippen LogP contribution < -0.4 is 15.1 Å². The van der Waals surface area contributed by atoms with Gasteiger partial charge in [-0.1, -0.05) is 0 Å². The Balaban J connectivity index is 1.50. The lowest BCUT2D eigenvalue weighted by Gasteiger charge is -2.35. The first kappa shape index (κ1) is 23.7. The zero-order chi connectivity index (χ0) is 22.6. The van der Waals surface area contributed by atoms with E-state index in [-0.39, 0.29) is 6.42 Å². The number of halogens is 3. The number of amides is 1. The highest BCUT2D eigenvalue weighted by Crippen LogP contribution is 2.34. The molecule has 3 rings (SSSR count). The Labute approximate surface area is 178 Å². The van der Waals surface area contributed by atoms with E-state index in [9.17, 15) is 22.5 Å². The van der Waals surface area contributed by atoms with Gasteiger partial charge in [-0.2, -0.15) is 13.2 Å². The van der Waals surface area contributed by atoms with Crippen LogP contribution in [0.25, 0.3) is 0 Å². The predicted octanol–water partition coefficient (Wildman–Crippen LogP) is 2.34. The van der Waals surface area contributed by atoms with Crippen molar-refractivity contribution in [3.8, 4) is 0 Å². The smallest absolute Gasteiger partial charge is 0.356 e. The third-order valence-electron chi connectivity index (χ3n) is 5.57. The van der Waals surface area contributed by atoms with Crippen LogP contribution in [0.3, 0.4) is 0 Å². The minimum Gasteiger partial charge on any atom is -0.356 e. The zero-order valence-corrected chi connectivity index (χ0v) is 17.9. The third-order valence-corrected chi connectivity index (χ3v) is 6.14. The lowest BCUT2D eigenvalue weighted by Crippen LogP contribution is -2.39. The van der Waals surface area contributed by atoms with Crippen LogP contribution in [0.4, 0.5) is 24.8 Å². The van der Waals surface area contributed by atoms with Crippen molar-refractivity contribution in [1.29, 1.82) is 0 Å². The summed E-state index contributed by atoms with van der Waals surface area (Å²) in [5.74, 6) is -0.577. The summed E-state index contributed by atoms with van der Waals surface area (Å²) in [5, 5.41) is 2.21. The Kier molecular flexibility index (Phi) is 7.43. The fourth-order valence-electron chi connectivity index (χ4n) is 3.70. The number of carbonyl (C=O) groups is 1. The largest absolute Gasteiger partial charge is 0.451 e. The fraction of sp³-hybridized carbons (Fsp3) is 0.722. The maximum absolute atomic E-state index is 13.2. The molecule has 2 aliphatic heterocycles. The van der Waals surface area contributed by atoms with Crippen molar-refractivity contribution in [1.82, 2.24) is 15.3 Å². The van der Waals surface area contributed by atoms with Crippen molar-refractivity contribution in [3.63, 3.8) is 0 Å². The second-order valence-electron chi connectivity index (χ2n) is 7.99. The average Bonchev–Trinajstić information content (AvgIpc) is 2.64. The van der Waals surface area contributed by atoms with E-state index in [1.54, 1.807) is 6.07 Å². The Morgan fingerprint density at radius 2 is 1.71 bits per heavy atom. The molecule has 0 aliphatic carbocycles. The minimum atomic E-state index is -4.60. The van der Waals surface area contributed by atoms with Gasteiger partial charge in [-0.05, 0) is 38.0 Å². The molecule has 2 aliphatic rings. The summed E-state index contributed by atoms with van der Waals surface area (Å²) in [5.41, 5.74) is 0. The molecule has 9 nitrogen and oxygen atoms in total. The van der Waals surface area contributed by atoms with Crippen LogP contribution in [0.5, 0.6) is 0 Å². The standard InChI is InChI=1S/C18H27F3N5O4P/c19-18(20,21)17-23-14(25-7-2-8-25)11-15(24-17)26-9-5-13(6-10-26)3-1-4-16(27)22-12-31(28,29)30/h11,13H,1-10,12H2,(H,22,27)(H2,28,29,30). The van der Waals surface area contributed by atoms with Crippen molar-refractivity contribution in [2.24, 2.45) is 5.92 Å². The van der Waals surface area contributed by atoms with Crippen molar-refractivity contribution in [2.75, 3.05) is 42.3 Å². The van der Waals surface area contributed by atoms with Crippen LogP contribution >= 0.6 is 7.60 Å². The van der Waals surface area contributed by atoms with E-state index in [1.165, 1.54) is 0 Å². The molecule has 0 aromatic carbocycles. The topological polar surface area (TPSA) is 119 Å². The number of anilines is 2. The molecule has 2 fully saturated rings.